The molecule has 1 atom stereocenters. The van der Waals surface area contributed by atoms with Gasteiger partial charge in [-0.25, -0.2) is 8.42 Å². The summed E-state index contributed by atoms with van der Waals surface area (Å²) in [6.07, 6.45) is 3.46. The van der Waals surface area contributed by atoms with Gasteiger partial charge in [0.05, 0.1) is 17.0 Å². The summed E-state index contributed by atoms with van der Waals surface area (Å²) in [7, 11) is -2.89. The van der Waals surface area contributed by atoms with Crippen LogP contribution in [0.25, 0.3) is 10.9 Å². The second kappa shape index (κ2) is 6.75. The summed E-state index contributed by atoms with van der Waals surface area (Å²) < 4.78 is 23.6. The van der Waals surface area contributed by atoms with Gasteiger partial charge >= 0.3 is 0 Å². The van der Waals surface area contributed by atoms with E-state index in [-0.39, 0.29) is 11.8 Å². The molecule has 2 aromatic rings. The lowest BCUT2D eigenvalue weighted by Crippen LogP contribution is -2.36. The zero-order valence-electron chi connectivity index (χ0n) is 13.2. The first-order chi connectivity index (χ1) is 11.0. The minimum atomic E-state index is -2.89. The van der Waals surface area contributed by atoms with Crippen LogP contribution in [0.2, 0.25) is 5.02 Å². The van der Waals surface area contributed by atoms with Crippen LogP contribution in [0.3, 0.4) is 0 Å². The van der Waals surface area contributed by atoms with Gasteiger partial charge in [-0.3, -0.25) is 9.88 Å². The van der Waals surface area contributed by atoms with Gasteiger partial charge < -0.3 is 0 Å². The molecule has 23 heavy (non-hydrogen) atoms. The third-order valence-electron chi connectivity index (χ3n) is 4.42. The predicted molar refractivity (Wildman–Crippen MR) is 94.5 cm³/mol. The Morgan fingerprint density at radius 2 is 2.17 bits per heavy atom. The van der Waals surface area contributed by atoms with Crippen molar-refractivity contribution in [2.24, 2.45) is 0 Å². The van der Waals surface area contributed by atoms with Crippen molar-refractivity contribution in [3.63, 3.8) is 0 Å². The van der Waals surface area contributed by atoms with Crippen molar-refractivity contribution in [2.45, 2.75) is 32.4 Å². The van der Waals surface area contributed by atoms with Crippen molar-refractivity contribution in [1.29, 1.82) is 0 Å². The van der Waals surface area contributed by atoms with Crippen LogP contribution >= 0.6 is 11.6 Å². The molecule has 4 nitrogen and oxygen atoms in total. The second-order valence-corrected chi connectivity index (χ2v) is 8.76. The monoisotopic (exact) mass is 352 g/mol. The lowest BCUT2D eigenvalue weighted by molar-refractivity contribution is 0.204. The van der Waals surface area contributed by atoms with E-state index < -0.39 is 9.84 Å². The lowest BCUT2D eigenvalue weighted by atomic mass is 10.1. The van der Waals surface area contributed by atoms with E-state index in [2.05, 4.69) is 16.8 Å². The number of rotatable bonds is 5. The van der Waals surface area contributed by atoms with Gasteiger partial charge in [-0.05, 0) is 31.5 Å². The van der Waals surface area contributed by atoms with E-state index in [4.69, 9.17) is 11.6 Å². The first kappa shape index (κ1) is 16.7. The minimum Gasteiger partial charge on any atom is -0.295 e. The highest BCUT2D eigenvalue weighted by Crippen LogP contribution is 2.28. The second-order valence-electron chi connectivity index (χ2n) is 6.13. The molecule has 0 radical (unpaired) electrons. The van der Waals surface area contributed by atoms with E-state index in [1.165, 1.54) is 0 Å². The van der Waals surface area contributed by atoms with Gasteiger partial charge in [-0.1, -0.05) is 30.7 Å². The van der Waals surface area contributed by atoms with Crippen molar-refractivity contribution in [2.75, 3.05) is 18.1 Å². The summed E-state index contributed by atoms with van der Waals surface area (Å²) in [5.74, 6) is 0.544. The standard InChI is InChI=1S/C17H21ClN2O2S/c1-2-9-20(14-7-10-23(21,22)12-14)11-15-16(18)6-5-13-4-3-8-19-17(13)15/h3-6,8,14H,2,7,9-12H2,1H3. The number of halogens is 1. The van der Waals surface area contributed by atoms with Crippen LogP contribution in [0.5, 0.6) is 0 Å². The van der Waals surface area contributed by atoms with Crippen molar-refractivity contribution in [3.05, 3.63) is 41.0 Å². The molecule has 124 valence electrons. The van der Waals surface area contributed by atoms with Gasteiger partial charge in [0.2, 0.25) is 0 Å². The molecule has 1 fully saturated rings. The van der Waals surface area contributed by atoms with E-state index >= 15 is 0 Å². The van der Waals surface area contributed by atoms with Crippen molar-refractivity contribution in [1.82, 2.24) is 9.88 Å². The number of pyridine rings is 1. The van der Waals surface area contributed by atoms with Crippen molar-refractivity contribution in [3.8, 4) is 0 Å². The summed E-state index contributed by atoms with van der Waals surface area (Å²) in [5.41, 5.74) is 1.89. The average Bonchev–Trinajstić information content (AvgIpc) is 2.89. The normalized spacial score (nSPS) is 20.4. The fourth-order valence-corrected chi connectivity index (χ4v) is 5.25. The molecule has 1 saturated heterocycles. The van der Waals surface area contributed by atoms with Crippen LogP contribution in [-0.4, -0.2) is 42.4 Å². The summed E-state index contributed by atoms with van der Waals surface area (Å²) in [6, 6.07) is 7.88. The van der Waals surface area contributed by atoms with Gasteiger partial charge in [0.25, 0.3) is 0 Å². The van der Waals surface area contributed by atoms with E-state index in [0.717, 1.165) is 29.4 Å². The number of aromatic nitrogens is 1. The van der Waals surface area contributed by atoms with Crippen LogP contribution < -0.4 is 0 Å². The maximum absolute atomic E-state index is 11.8. The van der Waals surface area contributed by atoms with E-state index in [9.17, 15) is 8.42 Å². The molecule has 1 unspecified atom stereocenters. The molecule has 0 aliphatic carbocycles. The average molecular weight is 353 g/mol. The van der Waals surface area contributed by atoms with E-state index in [0.29, 0.717) is 23.7 Å². The van der Waals surface area contributed by atoms with Gasteiger partial charge in [0, 0.05) is 34.8 Å². The topological polar surface area (TPSA) is 50.3 Å². The molecule has 0 saturated carbocycles. The molecule has 6 heteroatoms. The Hall–Kier alpha value is -1.17. The maximum atomic E-state index is 11.8. The summed E-state index contributed by atoms with van der Waals surface area (Å²) in [5, 5.41) is 1.75. The Balaban J connectivity index is 1.93. The number of sulfone groups is 1. The molecule has 0 spiro atoms. The fourth-order valence-electron chi connectivity index (χ4n) is 3.28. The molecule has 0 N–H and O–H groups in total. The van der Waals surface area contributed by atoms with Gasteiger partial charge in [-0.2, -0.15) is 0 Å². The molecular weight excluding hydrogens is 332 g/mol. The largest absolute Gasteiger partial charge is 0.295 e. The van der Waals surface area contributed by atoms with Crippen molar-refractivity contribution < 1.29 is 8.42 Å². The molecule has 1 aromatic heterocycles. The molecule has 1 aliphatic heterocycles. The molecule has 0 bridgehead atoms. The molecule has 1 aliphatic rings. The molecule has 2 heterocycles. The van der Waals surface area contributed by atoms with E-state index in [1.54, 1.807) is 6.20 Å². The van der Waals surface area contributed by atoms with Crippen LogP contribution in [0.4, 0.5) is 0 Å². The van der Waals surface area contributed by atoms with Gasteiger partial charge in [0.15, 0.2) is 9.84 Å². The number of nitrogens with zero attached hydrogens (tertiary/aromatic N) is 2. The Morgan fingerprint density at radius 1 is 1.35 bits per heavy atom. The van der Waals surface area contributed by atoms with E-state index in [1.807, 2.05) is 24.3 Å². The highest BCUT2D eigenvalue weighted by atomic mass is 35.5. The third-order valence-corrected chi connectivity index (χ3v) is 6.52. The Bertz CT molecular complexity index is 807. The lowest BCUT2D eigenvalue weighted by Gasteiger charge is -2.28. The fraction of sp³-hybridized carbons (Fsp3) is 0.471. The first-order valence-electron chi connectivity index (χ1n) is 7.97. The minimum absolute atomic E-state index is 0.0787. The summed E-state index contributed by atoms with van der Waals surface area (Å²) >= 11 is 6.43. The number of benzene rings is 1. The van der Waals surface area contributed by atoms with Crippen LogP contribution in [0, 0.1) is 0 Å². The smallest absolute Gasteiger partial charge is 0.151 e. The highest BCUT2D eigenvalue weighted by Gasteiger charge is 2.32. The van der Waals surface area contributed by atoms with Crippen LogP contribution in [-0.2, 0) is 16.4 Å². The SMILES string of the molecule is CCCN(Cc1c(Cl)ccc2cccnc12)C1CCS(=O)(=O)C1. The predicted octanol–water partition coefficient (Wildman–Crippen LogP) is 3.29. The number of fused-ring (bicyclic) bond motifs is 1. The van der Waals surface area contributed by atoms with Crippen molar-refractivity contribution >= 4 is 32.3 Å². The molecule has 0 amide bonds. The van der Waals surface area contributed by atoms with Gasteiger partial charge in [0.1, 0.15) is 0 Å². The Morgan fingerprint density at radius 3 is 2.87 bits per heavy atom. The maximum Gasteiger partial charge on any atom is 0.151 e. The zero-order valence-corrected chi connectivity index (χ0v) is 14.8. The Labute approximate surface area is 142 Å². The van der Waals surface area contributed by atoms with Crippen LogP contribution in [0.1, 0.15) is 25.3 Å². The quantitative estimate of drug-likeness (QED) is 0.828. The Kier molecular flexibility index (Phi) is 4.90. The summed E-state index contributed by atoms with van der Waals surface area (Å²) in [4.78, 5) is 6.73. The third kappa shape index (κ3) is 3.67. The van der Waals surface area contributed by atoms with Gasteiger partial charge in [-0.15, -0.1) is 0 Å². The highest BCUT2D eigenvalue weighted by molar-refractivity contribution is 7.91. The summed E-state index contributed by atoms with van der Waals surface area (Å²) in [6.45, 7) is 3.61. The molecule has 1 aromatic carbocycles. The van der Waals surface area contributed by atoms with Crippen LogP contribution in [0.15, 0.2) is 30.5 Å². The number of hydrogen-bond donors (Lipinski definition) is 0. The first-order valence-corrected chi connectivity index (χ1v) is 10.2. The molecular formula is C17H21ClN2O2S. The zero-order chi connectivity index (χ0) is 16.4. The number of hydrogen-bond acceptors (Lipinski definition) is 4. The molecule has 3 rings (SSSR count).